The van der Waals surface area contributed by atoms with Crippen molar-refractivity contribution < 1.29 is 14.3 Å². The lowest BCUT2D eigenvalue weighted by molar-refractivity contribution is -0.117. The first-order chi connectivity index (χ1) is 17.7. The maximum absolute atomic E-state index is 12.6. The van der Waals surface area contributed by atoms with Gasteiger partial charge in [-0.1, -0.05) is 12.1 Å². The maximum Gasteiger partial charge on any atom is 0.228 e. The van der Waals surface area contributed by atoms with Crippen LogP contribution in [0.3, 0.4) is 0 Å². The minimum atomic E-state index is -0.150. The molecule has 5 rings (SSSR count). The van der Waals surface area contributed by atoms with E-state index >= 15 is 0 Å². The minimum Gasteiger partial charge on any atom is -0.456 e. The number of fused-ring (bicyclic) bond motifs is 1. The molecule has 0 unspecified atom stereocenters. The molecule has 2 amide bonds. The highest BCUT2D eigenvalue weighted by molar-refractivity contribution is 5.98. The van der Waals surface area contributed by atoms with E-state index in [2.05, 4.69) is 36.2 Å². The third-order valence-corrected chi connectivity index (χ3v) is 6.45. The Morgan fingerprint density at radius 3 is 2.65 bits per heavy atom. The number of amides is 2. The average Bonchev–Trinajstić information content (AvgIpc) is 3.49. The molecule has 8 nitrogen and oxygen atoms in total. The zero-order valence-electron chi connectivity index (χ0n) is 21.6. The number of hydrogen-bond donors (Lipinski definition) is 1. The number of carbonyl (C=O) groups is 2. The van der Waals surface area contributed by atoms with E-state index in [9.17, 15) is 9.59 Å². The number of anilines is 2. The number of hydrogen-bond acceptors (Lipinski definition) is 5. The van der Waals surface area contributed by atoms with Gasteiger partial charge in [-0.2, -0.15) is 5.10 Å². The van der Waals surface area contributed by atoms with Crippen LogP contribution in [-0.4, -0.2) is 33.1 Å². The van der Waals surface area contributed by atoms with Crippen molar-refractivity contribution in [3.05, 3.63) is 72.2 Å². The molecular weight excluding hydrogens is 466 g/mol. The Balaban J connectivity index is 1.31. The highest BCUT2D eigenvalue weighted by atomic mass is 16.5. The first-order valence-electron chi connectivity index (χ1n) is 12.5. The summed E-state index contributed by atoms with van der Waals surface area (Å²) in [5, 5.41) is 8.09. The van der Waals surface area contributed by atoms with Crippen LogP contribution in [0.4, 0.5) is 11.4 Å². The standard InChI is InChI=1S/C29H31N5O3/c1-19-14-20(15-27(35)32-21-17-31-34(18-21)29(2,3)4)7-10-25(19)37-26-11-12-30-24-9-8-22(16-23(24)26)33-13-5-6-28(33)36/h7-12,14,16-18H,5-6,13,15H2,1-4H3,(H,32,35). The van der Waals surface area contributed by atoms with Gasteiger partial charge in [0.25, 0.3) is 0 Å². The van der Waals surface area contributed by atoms with Crippen LogP contribution in [0, 0.1) is 6.92 Å². The van der Waals surface area contributed by atoms with Gasteiger partial charge in [0, 0.05) is 36.4 Å². The number of ether oxygens (including phenoxy) is 1. The largest absolute Gasteiger partial charge is 0.456 e. The summed E-state index contributed by atoms with van der Waals surface area (Å²) >= 11 is 0. The summed E-state index contributed by atoms with van der Waals surface area (Å²) in [4.78, 5) is 31.1. The van der Waals surface area contributed by atoms with Crippen molar-refractivity contribution in [3.63, 3.8) is 0 Å². The summed E-state index contributed by atoms with van der Waals surface area (Å²) in [6.07, 6.45) is 6.91. The number of aromatic nitrogens is 3. The van der Waals surface area contributed by atoms with Crippen molar-refractivity contribution in [1.82, 2.24) is 14.8 Å². The summed E-state index contributed by atoms with van der Waals surface area (Å²) in [5.74, 6) is 1.41. The fourth-order valence-electron chi connectivity index (χ4n) is 4.49. The van der Waals surface area contributed by atoms with Gasteiger partial charge in [0.05, 0.1) is 29.4 Å². The number of rotatable bonds is 6. The molecule has 2 aromatic carbocycles. The average molecular weight is 498 g/mol. The zero-order valence-corrected chi connectivity index (χ0v) is 21.6. The number of benzene rings is 2. The molecule has 0 atom stereocenters. The van der Waals surface area contributed by atoms with E-state index in [0.717, 1.165) is 40.7 Å². The Hall–Kier alpha value is -4.20. The fourth-order valence-corrected chi connectivity index (χ4v) is 4.49. The SMILES string of the molecule is Cc1cc(CC(=O)Nc2cnn(C(C)(C)C)c2)ccc1Oc1ccnc2ccc(N3CCCC3=O)cc12. The predicted molar refractivity (Wildman–Crippen MR) is 144 cm³/mol. The lowest BCUT2D eigenvalue weighted by atomic mass is 10.1. The molecule has 37 heavy (non-hydrogen) atoms. The summed E-state index contributed by atoms with van der Waals surface area (Å²) < 4.78 is 8.13. The Morgan fingerprint density at radius 1 is 1.11 bits per heavy atom. The molecule has 1 aliphatic rings. The van der Waals surface area contributed by atoms with E-state index < -0.39 is 0 Å². The number of pyridine rings is 1. The Kier molecular flexibility index (Phi) is 6.41. The van der Waals surface area contributed by atoms with E-state index in [1.165, 1.54) is 0 Å². The van der Waals surface area contributed by atoms with Crippen molar-refractivity contribution in [2.24, 2.45) is 0 Å². The molecule has 1 fully saturated rings. The van der Waals surface area contributed by atoms with Crippen molar-refractivity contribution in [3.8, 4) is 11.5 Å². The molecule has 190 valence electrons. The van der Waals surface area contributed by atoms with E-state index in [1.807, 2.05) is 65.2 Å². The second kappa shape index (κ2) is 9.69. The van der Waals surface area contributed by atoms with E-state index in [4.69, 9.17) is 4.74 Å². The van der Waals surface area contributed by atoms with Gasteiger partial charge < -0.3 is 15.0 Å². The molecule has 0 spiro atoms. The predicted octanol–water partition coefficient (Wildman–Crippen LogP) is 5.60. The summed E-state index contributed by atoms with van der Waals surface area (Å²) in [7, 11) is 0. The van der Waals surface area contributed by atoms with Crippen LogP contribution >= 0.6 is 0 Å². The summed E-state index contributed by atoms with van der Waals surface area (Å²) in [5.41, 5.74) is 3.99. The number of nitrogens with one attached hydrogen (secondary N) is 1. The molecule has 0 saturated carbocycles. The van der Waals surface area contributed by atoms with Crippen LogP contribution in [0.5, 0.6) is 11.5 Å². The van der Waals surface area contributed by atoms with Crippen LogP contribution in [-0.2, 0) is 21.5 Å². The van der Waals surface area contributed by atoms with Crippen LogP contribution < -0.4 is 15.0 Å². The van der Waals surface area contributed by atoms with Gasteiger partial charge in [-0.05, 0) is 75.6 Å². The molecule has 0 radical (unpaired) electrons. The first kappa shape index (κ1) is 24.5. The smallest absolute Gasteiger partial charge is 0.228 e. The van der Waals surface area contributed by atoms with Crippen LogP contribution in [0.15, 0.2) is 61.1 Å². The van der Waals surface area contributed by atoms with Crippen LogP contribution in [0.1, 0.15) is 44.7 Å². The number of aryl methyl sites for hydroxylation is 1. The highest BCUT2D eigenvalue weighted by Crippen LogP contribution is 2.34. The Morgan fingerprint density at radius 2 is 1.95 bits per heavy atom. The lowest BCUT2D eigenvalue weighted by Crippen LogP contribution is -2.23. The van der Waals surface area contributed by atoms with Gasteiger partial charge in [0.15, 0.2) is 0 Å². The highest BCUT2D eigenvalue weighted by Gasteiger charge is 2.22. The van der Waals surface area contributed by atoms with E-state index in [0.29, 0.717) is 23.6 Å². The van der Waals surface area contributed by atoms with Crippen LogP contribution in [0.2, 0.25) is 0 Å². The summed E-state index contributed by atoms with van der Waals surface area (Å²) in [6, 6.07) is 13.4. The van der Waals surface area contributed by atoms with E-state index in [-0.39, 0.29) is 23.8 Å². The molecule has 0 aliphatic carbocycles. The van der Waals surface area contributed by atoms with E-state index in [1.54, 1.807) is 12.4 Å². The topological polar surface area (TPSA) is 89.3 Å². The normalized spacial score (nSPS) is 13.8. The monoisotopic (exact) mass is 497 g/mol. The Labute approximate surface area is 216 Å². The zero-order chi connectivity index (χ0) is 26.2. The molecule has 1 N–H and O–H groups in total. The first-order valence-corrected chi connectivity index (χ1v) is 12.5. The van der Waals surface area contributed by atoms with Gasteiger partial charge in [0.1, 0.15) is 11.5 Å². The molecule has 8 heteroatoms. The minimum absolute atomic E-state index is 0.106. The molecule has 3 heterocycles. The second-order valence-corrected chi connectivity index (χ2v) is 10.4. The van der Waals surface area contributed by atoms with Gasteiger partial charge in [-0.3, -0.25) is 19.3 Å². The number of nitrogens with zero attached hydrogens (tertiary/aromatic N) is 4. The molecule has 4 aromatic rings. The lowest BCUT2D eigenvalue weighted by Gasteiger charge is -2.18. The number of carbonyl (C=O) groups excluding carboxylic acids is 2. The third kappa shape index (κ3) is 5.33. The fraction of sp³-hybridized carbons (Fsp3) is 0.310. The molecule has 1 aliphatic heterocycles. The van der Waals surface area contributed by atoms with Crippen molar-refractivity contribution in [2.75, 3.05) is 16.8 Å². The van der Waals surface area contributed by atoms with Gasteiger partial charge in [-0.25, -0.2) is 0 Å². The van der Waals surface area contributed by atoms with Crippen LogP contribution in [0.25, 0.3) is 10.9 Å². The third-order valence-electron chi connectivity index (χ3n) is 6.45. The summed E-state index contributed by atoms with van der Waals surface area (Å²) in [6.45, 7) is 8.86. The molecule has 0 bridgehead atoms. The van der Waals surface area contributed by atoms with Crippen molar-refractivity contribution in [2.45, 2.75) is 52.5 Å². The maximum atomic E-state index is 12.6. The molecular formula is C29H31N5O3. The van der Waals surface area contributed by atoms with Gasteiger partial charge in [-0.15, -0.1) is 0 Å². The Bertz CT molecular complexity index is 1480. The van der Waals surface area contributed by atoms with Crippen molar-refractivity contribution >= 4 is 34.1 Å². The van der Waals surface area contributed by atoms with Gasteiger partial charge in [0.2, 0.25) is 11.8 Å². The second-order valence-electron chi connectivity index (χ2n) is 10.4. The molecule has 1 saturated heterocycles. The quantitative estimate of drug-likeness (QED) is 0.375. The molecule has 2 aromatic heterocycles. The van der Waals surface area contributed by atoms with Crippen molar-refractivity contribution in [1.29, 1.82) is 0 Å². The van der Waals surface area contributed by atoms with Gasteiger partial charge >= 0.3 is 0 Å².